The summed E-state index contributed by atoms with van der Waals surface area (Å²) in [6.07, 6.45) is 2.57. The van der Waals surface area contributed by atoms with Gasteiger partial charge in [-0.3, -0.25) is 9.48 Å². The molecule has 1 fully saturated rings. The van der Waals surface area contributed by atoms with Gasteiger partial charge in [-0.15, -0.1) is 0 Å². The first kappa shape index (κ1) is 25.9. The molecule has 3 heterocycles. The summed E-state index contributed by atoms with van der Waals surface area (Å²) in [6, 6.07) is 6.83. The van der Waals surface area contributed by atoms with Gasteiger partial charge in [0.2, 0.25) is 11.9 Å². The molecular weight excluding hydrogens is 483 g/mol. The number of hydrogen-bond donors (Lipinski definition) is 3. The van der Waals surface area contributed by atoms with Crippen LogP contribution in [0.25, 0.3) is 11.4 Å². The number of nitrogens with zero attached hydrogens (tertiary/aromatic N) is 7. The summed E-state index contributed by atoms with van der Waals surface area (Å²) in [5.74, 6) is 0.254. The molecular formula is C24H27FN8O4. The van der Waals surface area contributed by atoms with Gasteiger partial charge < -0.3 is 25.2 Å². The van der Waals surface area contributed by atoms with E-state index in [2.05, 4.69) is 31.4 Å². The Morgan fingerprint density at radius 1 is 1.38 bits per heavy atom. The SMILES string of the molecule is CC(C)(O)Cn1cc(Nc2ncnc(-c3ccc(O[C@H]4CCN(C(=O)CO)C[C@H]4F)c(C#N)c3)n2)cn1. The average Bonchev–Trinajstić information content (AvgIpc) is 3.29. The van der Waals surface area contributed by atoms with E-state index in [1.807, 2.05) is 0 Å². The number of anilines is 2. The quantitative estimate of drug-likeness (QED) is 0.404. The van der Waals surface area contributed by atoms with E-state index in [9.17, 15) is 19.6 Å². The number of nitrogens with one attached hydrogen (secondary N) is 1. The number of alkyl halides is 1. The highest BCUT2D eigenvalue weighted by Crippen LogP contribution is 2.28. The monoisotopic (exact) mass is 510 g/mol. The predicted molar refractivity (Wildman–Crippen MR) is 129 cm³/mol. The second-order valence-corrected chi connectivity index (χ2v) is 9.28. The maximum atomic E-state index is 14.6. The Kier molecular flexibility index (Phi) is 7.61. The maximum Gasteiger partial charge on any atom is 0.248 e. The van der Waals surface area contributed by atoms with Crippen LogP contribution >= 0.6 is 0 Å². The highest BCUT2D eigenvalue weighted by molar-refractivity contribution is 5.77. The molecule has 194 valence electrons. The van der Waals surface area contributed by atoms with E-state index >= 15 is 0 Å². The molecule has 13 heteroatoms. The zero-order valence-corrected chi connectivity index (χ0v) is 20.4. The highest BCUT2D eigenvalue weighted by atomic mass is 19.1. The number of hydrogen-bond acceptors (Lipinski definition) is 10. The molecule has 1 aromatic carbocycles. The molecule has 0 radical (unpaired) electrons. The minimum atomic E-state index is -1.46. The van der Waals surface area contributed by atoms with Crippen molar-refractivity contribution in [1.29, 1.82) is 5.26 Å². The first-order valence-electron chi connectivity index (χ1n) is 11.6. The number of aliphatic hydroxyl groups excluding tert-OH is 1. The number of carbonyl (C=O) groups excluding carboxylic acids is 1. The van der Waals surface area contributed by atoms with Gasteiger partial charge in [-0.05, 0) is 32.0 Å². The lowest BCUT2D eigenvalue weighted by molar-refractivity contribution is -0.138. The van der Waals surface area contributed by atoms with Crippen LogP contribution in [0.5, 0.6) is 5.75 Å². The Bertz CT molecular complexity index is 1300. The van der Waals surface area contributed by atoms with Gasteiger partial charge in [0.15, 0.2) is 12.0 Å². The third-order valence-corrected chi connectivity index (χ3v) is 5.62. The third-order valence-electron chi connectivity index (χ3n) is 5.62. The molecule has 1 amide bonds. The predicted octanol–water partition coefficient (Wildman–Crippen LogP) is 1.43. The van der Waals surface area contributed by atoms with Crippen molar-refractivity contribution in [3.8, 4) is 23.2 Å². The van der Waals surface area contributed by atoms with Crippen LogP contribution in [0.1, 0.15) is 25.8 Å². The lowest BCUT2D eigenvalue weighted by atomic mass is 10.0. The number of halogens is 1. The van der Waals surface area contributed by atoms with Gasteiger partial charge in [0.1, 0.15) is 30.9 Å². The van der Waals surface area contributed by atoms with Gasteiger partial charge in [-0.2, -0.15) is 15.3 Å². The summed E-state index contributed by atoms with van der Waals surface area (Å²) in [4.78, 5) is 25.6. The van der Waals surface area contributed by atoms with E-state index in [-0.39, 0.29) is 36.8 Å². The van der Waals surface area contributed by atoms with Crippen LogP contribution in [-0.4, -0.2) is 83.3 Å². The molecule has 3 N–H and O–H groups in total. The molecule has 0 unspecified atom stereocenters. The van der Waals surface area contributed by atoms with Crippen molar-refractivity contribution in [2.45, 2.75) is 44.7 Å². The van der Waals surface area contributed by atoms with Crippen molar-refractivity contribution in [2.75, 3.05) is 25.0 Å². The van der Waals surface area contributed by atoms with E-state index in [4.69, 9.17) is 9.84 Å². The summed E-state index contributed by atoms with van der Waals surface area (Å²) in [6.45, 7) is 3.09. The van der Waals surface area contributed by atoms with Crippen LogP contribution in [0.2, 0.25) is 0 Å². The molecule has 0 saturated carbocycles. The number of amides is 1. The fourth-order valence-electron chi connectivity index (χ4n) is 3.90. The summed E-state index contributed by atoms with van der Waals surface area (Å²) >= 11 is 0. The Morgan fingerprint density at radius 3 is 2.89 bits per heavy atom. The van der Waals surface area contributed by atoms with E-state index in [0.717, 1.165) is 0 Å². The molecule has 12 nitrogen and oxygen atoms in total. The van der Waals surface area contributed by atoms with Gasteiger partial charge >= 0.3 is 0 Å². The van der Waals surface area contributed by atoms with E-state index in [1.54, 1.807) is 49.1 Å². The van der Waals surface area contributed by atoms with Crippen LogP contribution in [-0.2, 0) is 11.3 Å². The van der Waals surface area contributed by atoms with E-state index < -0.39 is 30.4 Å². The Labute approximate surface area is 212 Å². The number of benzene rings is 1. The van der Waals surface area contributed by atoms with E-state index in [0.29, 0.717) is 23.6 Å². The first-order valence-corrected chi connectivity index (χ1v) is 11.6. The molecule has 1 aliphatic rings. The zero-order valence-electron chi connectivity index (χ0n) is 20.4. The van der Waals surface area contributed by atoms with Gasteiger partial charge in [-0.1, -0.05) is 0 Å². The Balaban J connectivity index is 1.46. The number of nitriles is 1. The van der Waals surface area contributed by atoms with E-state index in [1.165, 1.54) is 11.2 Å². The molecule has 3 aromatic rings. The third kappa shape index (κ3) is 6.54. The molecule has 0 bridgehead atoms. The molecule has 2 atom stereocenters. The zero-order chi connectivity index (χ0) is 26.6. The van der Waals surface area contributed by atoms with Crippen molar-refractivity contribution >= 4 is 17.5 Å². The second kappa shape index (κ2) is 10.9. The number of ether oxygens (including phenoxy) is 1. The smallest absolute Gasteiger partial charge is 0.248 e. The fraction of sp³-hybridized carbons (Fsp3) is 0.417. The summed E-state index contributed by atoms with van der Waals surface area (Å²) in [5.41, 5.74) is 0.420. The van der Waals surface area contributed by atoms with Gasteiger partial charge in [0.25, 0.3) is 0 Å². The Hall–Kier alpha value is -4.15. The van der Waals surface area contributed by atoms with Crippen LogP contribution in [0.15, 0.2) is 36.9 Å². The van der Waals surface area contributed by atoms with Crippen LogP contribution in [0, 0.1) is 11.3 Å². The molecule has 0 aliphatic carbocycles. The van der Waals surface area contributed by atoms with Crippen molar-refractivity contribution in [3.05, 3.63) is 42.5 Å². The highest BCUT2D eigenvalue weighted by Gasteiger charge is 2.33. The first-order chi connectivity index (χ1) is 17.6. The maximum absolute atomic E-state index is 14.6. The van der Waals surface area contributed by atoms with Crippen LogP contribution in [0.3, 0.4) is 0 Å². The van der Waals surface area contributed by atoms with Crippen LogP contribution < -0.4 is 10.1 Å². The van der Waals surface area contributed by atoms with Crippen molar-refractivity contribution < 1.29 is 24.1 Å². The summed E-state index contributed by atoms with van der Waals surface area (Å²) in [7, 11) is 0. The second-order valence-electron chi connectivity index (χ2n) is 9.28. The fourth-order valence-corrected chi connectivity index (χ4v) is 3.90. The number of carbonyl (C=O) groups is 1. The van der Waals surface area contributed by atoms with Crippen molar-refractivity contribution in [2.24, 2.45) is 0 Å². The van der Waals surface area contributed by atoms with Gasteiger partial charge in [0, 0.05) is 24.7 Å². The number of piperidine rings is 1. The minimum absolute atomic E-state index is 0.179. The molecule has 37 heavy (non-hydrogen) atoms. The van der Waals surface area contributed by atoms with Crippen molar-refractivity contribution in [1.82, 2.24) is 29.6 Å². The molecule has 1 saturated heterocycles. The van der Waals surface area contributed by atoms with Crippen molar-refractivity contribution in [3.63, 3.8) is 0 Å². The molecule has 4 rings (SSSR count). The average molecular weight is 511 g/mol. The standard InChI is InChI=1S/C24H27FN8O4/c1-24(2,36)13-33-10-17(9-29-33)30-23-28-14-27-22(31-23)15-3-4-19(16(7-15)8-26)37-20-5-6-32(11-18(20)25)21(35)12-34/h3-4,7,9-10,14,18,20,34,36H,5-6,11-13H2,1-2H3,(H,27,28,30,31)/t18-,20+/m1/s1. The number of rotatable bonds is 8. The lowest BCUT2D eigenvalue weighted by Crippen LogP contribution is -2.50. The lowest BCUT2D eigenvalue weighted by Gasteiger charge is -2.34. The molecule has 2 aromatic heterocycles. The molecule has 0 spiro atoms. The topological polar surface area (TPSA) is 162 Å². The Morgan fingerprint density at radius 2 is 2.19 bits per heavy atom. The molecule has 1 aliphatic heterocycles. The summed E-state index contributed by atoms with van der Waals surface area (Å²) in [5, 5.41) is 35.8. The van der Waals surface area contributed by atoms with Gasteiger partial charge in [-0.25, -0.2) is 14.4 Å². The largest absolute Gasteiger partial charge is 0.486 e. The normalized spacial score (nSPS) is 17.8. The number of likely N-dealkylation sites (tertiary alicyclic amines) is 1. The van der Waals surface area contributed by atoms with Gasteiger partial charge in [0.05, 0.1) is 36.1 Å². The number of aliphatic hydroxyl groups is 2. The number of aromatic nitrogens is 5. The van der Waals surface area contributed by atoms with Crippen LogP contribution in [0.4, 0.5) is 16.0 Å². The minimum Gasteiger partial charge on any atom is -0.486 e. The summed E-state index contributed by atoms with van der Waals surface area (Å²) < 4.78 is 22.0.